The van der Waals surface area contributed by atoms with Crippen molar-refractivity contribution in [3.05, 3.63) is 17.5 Å². The highest BCUT2D eigenvalue weighted by Crippen LogP contribution is 2.25. The molecular weight excluding hydrogens is 246 g/mol. The lowest BCUT2D eigenvalue weighted by atomic mass is 9.84. The summed E-state index contributed by atoms with van der Waals surface area (Å²) in [6, 6.07) is -0.279. The lowest BCUT2D eigenvalue weighted by molar-refractivity contribution is -0.143. The van der Waals surface area contributed by atoms with Crippen molar-refractivity contribution < 1.29 is 14.7 Å². The average molecular weight is 265 g/mol. The number of nitrogens with zero attached hydrogens (tertiary/aromatic N) is 2. The Morgan fingerprint density at radius 2 is 2.11 bits per heavy atom. The molecule has 1 aromatic heterocycles. The van der Waals surface area contributed by atoms with E-state index in [9.17, 15) is 14.7 Å². The maximum atomic E-state index is 12.2. The van der Waals surface area contributed by atoms with Gasteiger partial charge in [-0.05, 0) is 19.8 Å². The molecule has 1 saturated carbocycles. The molecule has 2 unspecified atom stereocenters. The summed E-state index contributed by atoms with van der Waals surface area (Å²) in [5.41, 5.74) is 1.17. The molecule has 1 fully saturated rings. The lowest BCUT2D eigenvalue weighted by Gasteiger charge is -2.29. The van der Waals surface area contributed by atoms with Crippen LogP contribution in [0, 0.1) is 12.8 Å². The van der Waals surface area contributed by atoms with Crippen molar-refractivity contribution >= 4 is 11.9 Å². The molecule has 0 aliphatic heterocycles. The standard InChI is InChI=1S/C13H19N3O3/c1-8-10(7-16(2)15-8)12(17)14-11-6-4-3-5-9(11)13(18)19/h7,9,11H,3-6H2,1-2H3,(H,14,17)(H,18,19). The Bertz CT molecular complexity index is 495. The van der Waals surface area contributed by atoms with Gasteiger partial charge in [-0.3, -0.25) is 14.3 Å². The van der Waals surface area contributed by atoms with E-state index in [4.69, 9.17) is 0 Å². The number of amides is 1. The van der Waals surface area contributed by atoms with E-state index in [2.05, 4.69) is 10.4 Å². The predicted octanol–water partition coefficient (Wildman–Crippen LogP) is 1.10. The first-order valence-corrected chi connectivity index (χ1v) is 6.53. The molecule has 0 radical (unpaired) electrons. The Labute approximate surface area is 111 Å². The van der Waals surface area contributed by atoms with E-state index in [1.165, 1.54) is 0 Å². The first kappa shape index (κ1) is 13.6. The normalized spacial score (nSPS) is 23.1. The number of carbonyl (C=O) groups is 2. The smallest absolute Gasteiger partial charge is 0.308 e. The molecule has 0 aromatic carbocycles. The minimum absolute atomic E-state index is 0.233. The summed E-state index contributed by atoms with van der Waals surface area (Å²) < 4.78 is 1.58. The van der Waals surface area contributed by atoms with Gasteiger partial charge in [-0.1, -0.05) is 12.8 Å². The third kappa shape index (κ3) is 2.94. The highest BCUT2D eigenvalue weighted by Gasteiger charge is 2.32. The fourth-order valence-corrected chi connectivity index (χ4v) is 2.67. The Balaban J connectivity index is 2.09. The van der Waals surface area contributed by atoms with Crippen LogP contribution in [0.2, 0.25) is 0 Å². The van der Waals surface area contributed by atoms with Crippen LogP contribution in [0.3, 0.4) is 0 Å². The highest BCUT2D eigenvalue weighted by molar-refractivity contribution is 5.95. The zero-order chi connectivity index (χ0) is 14.0. The van der Waals surface area contributed by atoms with Gasteiger partial charge in [0.2, 0.25) is 0 Å². The largest absolute Gasteiger partial charge is 0.481 e. The second-order valence-electron chi connectivity index (χ2n) is 5.11. The summed E-state index contributed by atoms with van der Waals surface area (Å²) in [6.07, 6.45) is 4.88. The Hall–Kier alpha value is -1.85. The molecule has 1 amide bonds. The van der Waals surface area contributed by atoms with E-state index < -0.39 is 11.9 Å². The van der Waals surface area contributed by atoms with Crippen LogP contribution in [0.4, 0.5) is 0 Å². The van der Waals surface area contributed by atoms with Crippen LogP contribution in [0.5, 0.6) is 0 Å². The zero-order valence-corrected chi connectivity index (χ0v) is 11.2. The Morgan fingerprint density at radius 3 is 2.68 bits per heavy atom. The van der Waals surface area contributed by atoms with E-state index in [1.807, 2.05) is 0 Å². The molecule has 0 spiro atoms. The van der Waals surface area contributed by atoms with Crippen LogP contribution < -0.4 is 5.32 Å². The van der Waals surface area contributed by atoms with Crippen molar-refractivity contribution in [2.75, 3.05) is 0 Å². The molecular formula is C13H19N3O3. The number of rotatable bonds is 3. The van der Waals surface area contributed by atoms with Gasteiger partial charge < -0.3 is 10.4 Å². The van der Waals surface area contributed by atoms with Crippen molar-refractivity contribution in [2.24, 2.45) is 13.0 Å². The summed E-state index contributed by atoms with van der Waals surface area (Å²) in [5.74, 6) is -1.54. The van der Waals surface area contributed by atoms with Crippen molar-refractivity contribution in [2.45, 2.75) is 38.6 Å². The first-order chi connectivity index (χ1) is 8.99. The molecule has 6 heteroatoms. The molecule has 1 heterocycles. The monoisotopic (exact) mass is 265 g/mol. The first-order valence-electron chi connectivity index (χ1n) is 6.53. The van der Waals surface area contributed by atoms with Gasteiger partial charge >= 0.3 is 5.97 Å². The van der Waals surface area contributed by atoms with E-state index in [0.29, 0.717) is 17.7 Å². The van der Waals surface area contributed by atoms with Gasteiger partial charge in [-0.15, -0.1) is 0 Å². The fraction of sp³-hybridized carbons (Fsp3) is 0.615. The van der Waals surface area contributed by atoms with Crippen molar-refractivity contribution in [1.29, 1.82) is 0 Å². The lowest BCUT2D eigenvalue weighted by Crippen LogP contribution is -2.45. The van der Waals surface area contributed by atoms with E-state index in [-0.39, 0.29) is 11.9 Å². The summed E-state index contributed by atoms with van der Waals surface area (Å²) in [4.78, 5) is 23.3. The number of aromatic nitrogens is 2. The molecule has 1 aromatic rings. The average Bonchev–Trinajstić information content (AvgIpc) is 2.69. The second-order valence-corrected chi connectivity index (χ2v) is 5.11. The SMILES string of the molecule is Cc1nn(C)cc1C(=O)NC1CCCCC1C(=O)O. The molecule has 0 saturated heterocycles. The fourth-order valence-electron chi connectivity index (χ4n) is 2.67. The molecule has 2 N–H and O–H groups in total. The Kier molecular flexibility index (Phi) is 3.87. The van der Waals surface area contributed by atoms with Gasteiger partial charge in [0, 0.05) is 19.3 Å². The summed E-state index contributed by atoms with van der Waals surface area (Å²) >= 11 is 0. The topological polar surface area (TPSA) is 84.2 Å². The minimum atomic E-state index is -0.826. The number of carbonyl (C=O) groups excluding carboxylic acids is 1. The third-order valence-corrected chi connectivity index (χ3v) is 3.66. The third-order valence-electron chi connectivity index (χ3n) is 3.66. The van der Waals surface area contributed by atoms with E-state index >= 15 is 0 Å². The molecule has 1 aliphatic rings. The Morgan fingerprint density at radius 1 is 1.42 bits per heavy atom. The number of hydrogen-bond acceptors (Lipinski definition) is 3. The van der Waals surface area contributed by atoms with Gasteiger partial charge in [-0.25, -0.2) is 0 Å². The van der Waals surface area contributed by atoms with Gasteiger partial charge in [0.1, 0.15) is 0 Å². The van der Waals surface area contributed by atoms with Gasteiger partial charge in [-0.2, -0.15) is 5.10 Å². The van der Waals surface area contributed by atoms with Crippen LogP contribution in [0.15, 0.2) is 6.20 Å². The summed E-state index contributed by atoms with van der Waals surface area (Å²) in [7, 11) is 1.75. The second kappa shape index (κ2) is 5.42. The van der Waals surface area contributed by atoms with Crippen molar-refractivity contribution in [3.63, 3.8) is 0 Å². The molecule has 6 nitrogen and oxygen atoms in total. The van der Waals surface area contributed by atoms with E-state index in [0.717, 1.165) is 19.3 Å². The molecule has 2 atom stereocenters. The van der Waals surface area contributed by atoms with Crippen LogP contribution in [0.1, 0.15) is 41.7 Å². The number of carboxylic acid groups (broad SMARTS) is 1. The number of nitrogens with one attached hydrogen (secondary N) is 1. The minimum Gasteiger partial charge on any atom is -0.481 e. The number of carboxylic acids is 1. The summed E-state index contributed by atoms with van der Waals surface area (Å²) in [5, 5.41) is 16.1. The molecule has 0 bridgehead atoms. The summed E-state index contributed by atoms with van der Waals surface area (Å²) in [6.45, 7) is 1.77. The number of hydrogen-bond donors (Lipinski definition) is 2. The van der Waals surface area contributed by atoms with Crippen LogP contribution >= 0.6 is 0 Å². The quantitative estimate of drug-likeness (QED) is 0.857. The number of aryl methyl sites for hydroxylation is 2. The van der Waals surface area contributed by atoms with Crippen molar-refractivity contribution in [1.82, 2.24) is 15.1 Å². The van der Waals surface area contributed by atoms with Crippen LogP contribution in [-0.4, -0.2) is 32.8 Å². The number of aliphatic carboxylic acids is 1. The predicted molar refractivity (Wildman–Crippen MR) is 68.8 cm³/mol. The maximum Gasteiger partial charge on any atom is 0.308 e. The van der Waals surface area contributed by atoms with Gasteiger partial charge in [0.25, 0.3) is 5.91 Å². The highest BCUT2D eigenvalue weighted by atomic mass is 16.4. The van der Waals surface area contributed by atoms with E-state index in [1.54, 1.807) is 24.9 Å². The van der Waals surface area contributed by atoms with Crippen LogP contribution in [0.25, 0.3) is 0 Å². The molecule has 2 rings (SSSR count). The van der Waals surface area contributed by atoms with Gasteiger partial charge in [0.15, 0.2) is 0 Å². The van der Waals surface area contributed by atoms with Gasteiger partial charge in [0.05, 0.1) is 17.2 Å². The van der Waals surface area contributed by atoms with Crippen LogP contribution in [-0.2, 0) is 11.8 Å². The molecule has 104 valence electrons. The molecule has 19 heavy (non-hydrogen) atoms. The maximum absolute atomic E-state index is 12.2. The van der Waals surface area contributed by atoms with Crippen molar-refractivity contribution in [3.8, 4) is 0 Å². The molecule has 1 aliphatic carbocycles. The zero-order valence-electron chi connectivity index (χ0n) is 11.2.